The highest BCUT2D eigenvalue weighted by molar-refractivity contribution is 5.51. The molecular weight excluding hydrogens is 232 g/mol. The average molecular weight is 248 g/mol. The Morgan fingerprint density at radius 2 is 2.11 bits per heavy atom. The van der Waals surface area contributed by atoms with Crippen LogP contribution >= 0.6 is 0 Å². The number of nitrogens with one attached hydrogen (secondary N) is 1. The minimum absolute atomic E-state index is 0.129. The predicted octanol–water partition coefficient (Wildman–Crippen LogP) is 2.85. The van der Waals surface area contributed by atoms with Gasteiger partial charge in [0.15, 0.2) is 0 Å². The largest absolute Gasteiger partial charge is 0.365 e. The Bertz CT molecular complexity index is 489. The molecule has 0 unspecified atom stereocenters. The van der Waals surface area contributed by atoms with E-state index in [0.717, 1.165) is 12.8 Å². The molecule has 1 rings (SSSR count). The Kier molecular flexibility index (Phi) is 4.21. The van der Waals surface area contributed by atoms with Gasteiger partial charge in [-0.1, -0.05) is 13.8 Å². The Hall–Kier alpha value is -2.16. The number of nitriles is 1. The van der Waals surface area contributed by atoms with Gasteiger partial charge in [-0.25, -0.2) is 4.98 Å². The molecule has 0 spiro atoms. The summed E-state index contributed by atoms with van der Waals surface area (Å²) in [5.41, 5.74) is -0.562. The number of hydrogen-bond donors (Lipinski definition) is 1. The summed E-state index contributed by atoms with van der Waals surface area (Å²) in [6, 6.07) is 4.58. The van der Waals surface area contributed by atoms with Crippen LogP contribution in [0.25, 0.3) is 0 Å². The molecule has 0 radical (unpaired) electrons. The van der Waals surface area contributed by atoms with Crippen molar-refractivity contribution in [2.45, 2.75) is 39.2 Å². The van der Waals surface area contributed by atoms with Gasteiger partial charge in [0.1, 0.15) is 11.9 Å². The highest BCUT2D eigenvalue weighted by Gasteiger charge is 2.21. The van der Waals surface area contributed by atoms with E-state index < -0.39 is 4.92 Å². The maximum atomic E-state index is 10.7. The zero-order valence-corrected chi connectivity index (χ0v) is 10.7. The van der Waals surface area contributed by atoms with Gasteiger partial charge in [-0.2, -0.15) is 5.26 Å². The van der Waals surface area contributed by atoms with Gasteiger partial charge >= 0.3 is 5.69 Å². The molecule has 0 aliphatic heterocycles. The molecule has 96 valence electrons. The van der Waals surface area contributed by atoms with Crippen LogP contribution in [0, 0.1) is 21.4 Å². The van der Waals surface area contributed by atoms with Crippen molar-refractivity contribution < 1.29 is 4.92 Å². The fraction of sp³-hybridized carbons (Fsp3) is 0.500. The second-order valence-electron chi connectivity index (χ2n) is 4.33. The number of rotatable bonds is 5. The second-order valence-corrected chi connectivity index (χ2v) is 4.33. The van der Waals surface area contributed by atoms with E-state index in [-0.39, 0.29) is 16.9 Å². The number of hydrogen-bond acceptors (Lipinski definition) is 5. The van der Waals surface area contributed by atoms with E-state index in [1.54, 1.807) is 6.07 Å². The fourth-order valence-electron chi connectivity index (χ4n) is 1.49. The van der Waals surface area contributed by atoms with E-state index in [0.29, 0.717) is 5.82 Å². The molecule has 0 aliphatic carbocycles. The third-order valence-electron chi connectivity index (χ3n) is 3.17. The van der Waals surface area contributed by atoms with Crippen molar-refractivity contribution in [1.29, 1.82) is 5.26 Å². The first kappa shape index (κ1) is 13.9. The first-order valence-corrected chi connectivity index (χ1v) is 5.79. The molecule has 1 aromatic rings. The topological polar surface area (TPSA) is 91.9 Å². The van der Waals surface area contributed by atoms with Crippen LogP contribution in [0.15, 0.2) is 12.1 Å². The first-order valence-electron chi connectivity index (χ1n) is 5.79. The molecule has 0 saturated carbocycles. The first-order chi connectivity index (χ1) is 8.45. The summed E-state index contributed by atoms with van der Waals surface area (Å²) >= 11 is 0. The van der Waals surface area contributed by atoms with Gasteiger partial charge in [-0.3, -0.25) is 10.1 Å². The molecule has 0 bridgehead atoms. The summed E-state index contributed by atoms with van der Waals surface area (Å²) in [5.74, 6) is 0.489. The van der Waals surface area contributed by atoms with E-state index in [4.69, 9.17) is 5.26 Å². The van der Waals surface area contributed by atoms with Crippen LogP contribution < -0.4 is 5.32 Å². The average Bonchev–Trinajstić information content (AvgIpc) is 2.38. The number of pyridine rings is 1. The lowest BCUT2D eigenvalue weighted by molar-refractivity contribution is -0.385. The molecular formula is C12H16N4O2. The third kappa shape index (κ3) is 2.94. The zero-order chi connectivity index (χ0) is 13.8. The molecule has 6 heteroatoms. The number of nitro groups is 1. The molecule has 6 nitrogen and oxygen atoms in total. The van der Waals surface area contributed by atoms with Crippen molar-refractivity contribution in [3.8, 4) is 6.07 Å². The molecule has 0 amide bonds. The van der Waals surface area contributed by atoms with Gasteiger partial charge in [0.2, 0.25) is 5.69 Å². The smallest absolute Gasteiger partial charge is 0.305 e. The lowest BCUT2D eigenvalue weighted by atomic mass is 9.95. The van der Waals surface area contributed by atoms with Crippen molar-refractivity contribution in [2.24, 2.45) is 0 Å². The van der Waals surface area contributed by atoms with Crippen LogP contribution in [-0.2, 0) is 0 Å². The van der Waals surface area contributed by atoms with E-state index in [2.05, 4.69) is 10.3 Å². The van der Waals surface area contributed by atoms with Crippen molar-refractivity contribution in [3.63, 3.8) is 0 Å². The lowest BCUT2D eigenvalue weighted by Crippen LogP contribution is -2.33. The molecule has 1 aromatic heterocycles. The monoisotopic (exact) mass is 248 g/mol. The van der Waals surface area contributed by atoms with Crippen LogP contribution in [-0.4, -0.2) is 15.4 Å². The second kappa shape index (κ2) is 5.45. The molecule has 1 N–H and O–H groups in total. The van der Waals surface area contributed by atoms with Gasteiger partial charge in [0.25, 0.3) is 0 Å². The molecule has 0 aromatic carbocycles. The van der Waals surface area contributed by atoms with Crippen molar-refractivity contribution in [3.05, 3.63) is 27.9 Å². The molecule has 0 saturated heterocycles. The lowest BCUT2D eigenvalue weighted by Gasteiger charge is -2.28. The van der Waals surface area contributed by atoms with Crippen molar-refractivity contribution >= 4 is 11.5 Å². The maximum Gasteiger partial charge on any atom is 0.305 e. The van der Waals surface area contributed by atoms with Gasteiger partial charge in [-0.15, -0.1) is 0 Å². The van der Waals surface area contributed by atoms with E-state index in [1.165, 1.54) is 12.1 Å². The van der Waals surface area contributed by atoms with Crippen molar-refractivity contribution in [2.75, 3.05) is 5.32 Å². The summed E-state index contributed by atoms with van der Waals surface area (Å²) in [7, 11) is 0. The number of nitrogens with zero attached hydrogens (tertiary/aromatic N) is 3. The SMILES string of the molecule is CCC(C)(CC)Nc1ccc([N+](=O)[O-])c(C#N)n1. The maximum absolute atomic E-state index is 10.7. The zero-order valence-electron chi connectivity index (χ0n) is 10.7. The van der Waals surface area contributed by atoms with E-state index >= 15 is 0 Å². The van der Waals surface area contributed by atoms with Crippen molar-refractivity contribution in [1.82, 2.24) is 4.98 Å². The minimum atomic E-state index is -0.603. The highest BCUT2D eigenvalue weighted by Crippen LogP contribution is 2.23. The molecule has 18 heavy (non-hydrogen) atoms. The van der Waals surface area contributed by atoms with E-state index in [9.17, 15) is 10.1 Å². The standard InChI is InChI=1S/C12H16N4O2/c1-4-12(3,5-2)15-11-7-6-10(16(17)18)9(8-13)14-11/h6-7H,4-5H2,1-3H3,(H,14,15). The quantitative estimate of drug-likeness (QED) is 0.639. The van der Waals surface area contributed by atoms with Gasteiger partial charge in [-0.05, 0) is 25.8 Å². The molecule has 0 fully saturated rings. The van der Waals surface area contributed by atoms with Crippen LogP contribution in [0.5, 0.6) is 0 Å². The van der Waals surface area contributed by atoms with E-state index in [1.807, 2.05) is 20.8 Å². The summed E-state index contributed by atoms with van der Waals surface area (Å²) in [6.45, 7) is 6.14. The third-order valence-corrected chi connectivity index (χ3v) is 3.17. The summed E-state index contributed by atoms with van der Waals surface area (Å²) in [6.07, 6.45) is 1.79. The van der Waals surface area contributed by atoms with Gasteiger partial charge in [0.05, 0.1) is 4.92 Å². The number of anilines is 1. The van der Waals surface area contributed by atoms with Crippen LogP contribution in [0.4, 0.5) is 11.5 Å². The Morgan fingerprint density at radius 3 is 2.56 bits per heavy atom. The Balaban J connectivity index is 3.08. The molecule has 1 heterocycles. The van der Waals surface area contributed by atoms with Crippen LogP contribution in [0.2, 0.25) is 0 Å². The summed E-state index contributed by atoms with van der Waals surface area (Å²) in [5, 5.41) is 22.8. The van der Waals surface area contributed by atoms with Crippen LogP contribution in [0.3, 0.4) is 0 Å². The summed E-state index contributed by atoms with van der Waals surface area (Å²) < 4.78 is 0. The molecule has 0 atom stereocenters. The Morgan fingerprint density at radius 1 is 1.50 bits per heavy atom. The fourth-order valence-corrected chi connectivity index (χ4v) is 1.49. The van der Waals surface area contributed by atoms with Gasteiger partial charge < -0.3 is 5.32 Å². The predicted molar refractivity (Wildman–Crippen MR) is 68.2 cm³/mol. The molecule has 0 aliphatic rings. The van der Waals surface area contributed by atoms with Gasteiger partial charge in [0, 0.05) is 11.6 Å². The number of aromatic nitrogens is 1. The normalized spacial score (nSPS) is 10.8. The Labute approximate surface area is 106 Å². The minimum Gasteiger partial charge on any atom is -0.365 e. The summed E-state index contributed by atoms with van der Waals surface area (Å²) in [4.78, 5) is 14.1. The highest BCUT2D eigenvalue weighted by atomic mass is 16.6. The van der Waals surface area contributed by atoms with Crippen LogP contribution in [0.1, 0.15) is 39.3 Å².